The molecule has 0 fully saturated rings. The molecule has 0 amide bonds. The fourth-order valence-corrected chi connectivity index (χ4v) is 5.04. The Labute approximate surface area is 160 Å². The highest BCUT2D eigenvalue weighted by atomic mass is 32.2. The summed E-state index contributed by atoms with van der Waals surface area (Å²) in [6, 6.07) is 0. The summed E-state index contributed by atoms with van der Waals surface area (Å²) in [4.78, 5) is 7.27. The summed E-state index contributed by atoms with van der Waals surface area (Å²) >= 11 is 3.92. The van der Waals surface area contributed by atoms with Gasteiger partial charge in [0.25, 0.3) is 0 Å². The Morgan fingerprint density at radius 3 is 1.88 bits per heavy atom. The standard InChI is InChI=1S/C20H40N2S2/c1-3-5-7-9-11-13-16-22(17-14-12-10-8-6-4-2)19-24-20-21-15-18-23-20/h3-19H2,1-2H3. The van der Waals surface area contributed by atoms with E-state index in [1.54, 1.807) is 0 Å². The summed E-state index contributed by atoms with van der Waals surface area (Å²) in [6.45, 7) is 8.19. The molecule has 4 heteroatoms. The maximum absolute atomic E-state index is 4.58. The Morgan fingerprint density at radius 2 is 1.38 bits per heavy atom. The fraction of sp³-hybridized carbons (Fsp3) is 0.950. The topological polar surface area (TPSA) is 15.6 Å². The van der Waals surface area contributed by atoms with E-state index in [2.05, 4.69) is 23.7 Å². The SMILES string of the molecule is CCCCCCCCN(CCCCCCCC)CSC1=NCCS1. The average molecular weight is 373 g/mol. The van der Waals surface area contributed by atoms with Crippen LogP contribution in [0.2, 0.25) is 0 Å². The number of thioether (sulfide) groups is 2. The molecule has 24 heavy (non-hydrogen) atoms. The van der Waals surface area contributed by atoms with Gasteiger partial charge in [-0.25, -0.2) is 0 Å². The Morgan fingerprint density at radius 1 is 0.833 bits per heavy atom. The number of hydrogen-bond donors (Lipinski definition) is 0. The van der Waals surface area contributed by atoms with Gasteiger partial charge in [0.15, 0.2) is 0 Å². The van der Waals surface area contributed by atoms with E-state index in [-0.39, 0.29) is 0 Å². The Bertz CT molecular complexity index is 292. The molecule has 0 aliphatic carbocycles. The minimum Gasteiger partial charge on any atom is -0.294 e. The molecule has 1 rings (SSSR count). The highest BCUT2D eigenvalue weighted by molar-refractivity contribution is 8.39. The molecule has 0 aromatic carbocycles. The second-order valence-electron chi connectivity index (χ2n) is 6.92. The predicted octanol–water partition coefficient (Wildman–Crippen LogP) is 6.80. The van der Waals surface area contributed by atoms with Crippen LogP contribution in [0.1, 0.15) is 90.9 Å². The van der Waals surface area contributed by atoms with Crippen molar-refractivity contribution in [2.24, 2.45) is 4.99 Å². The molecular weight excluding hydrogens is 332 g/mol. The van der Waals surface area contributed by atoms with E-state index < -0.39 is 0 Å². The normalized spacial score (nSPS) is 14.5. The van der Waals surface area contributed by atoms with Crippen molar-refractivity contribution >= 4 is 27.9 Å². The third-order valence-electron chi connectivity index (χ3n) is 4.58. The molecule has 2 nitrogen and oxygen atoms in total. The van der Waals surface area contributed by atoms with Crippen LogP contribution in [-0.2, 0) is 0 Å². The highest BCUT2D eigenvalue weighted by Gasteiger charge is 2.11. The molecule has 0 atom stereocenters. The van der Waals surface area contributed by atoms with Crippen LogP contribution in [-0.4, -0.2) is 40.5 Å². The van der Waals surface area contributed by atoms with E-state index in [4.69, 9.17) is 0 Å². The first-order valence-electron chi connectivity index (χ1n) is 10.4. The fourth-order valence-electron chi connectivity index (χ4n) is 3.02. The van der Waals surface area contributed by atoms with Crippen LogP contribution in [0.3, 0.4) is 0 Å². The van der Waals surface area contributed by atoms with Crippen molar-refractivity contribution in [2.75, 3.05) is 31.3 Å². The van der Waals surface area contributed by atoms with Gasteiger partial charge in [0.05, 0.1) is 12.4 Å². The van der Waals surface area contributed by atoms with E-state index in [1.807, 2.05) is 23.5 Å². The van der Waals surface area contributed by atoms with Gasteiger partial charge in [-0.3, -0.25) is 9.89 Å². The van der Waals surface area contributed by atoms with Gasteiger partial charge in [-0.05, 0) is 25.9 Å². The van der Waals surface area contributed by atoms with Gasteiger partial charge in [-0.1, -0.05) is 102 Å². The second-order valence-corrected chi connectivity index (χ2v) is 9.20. The summed E-state index contributed by atoms with van der Waals surface area (Å²) in [6.07, 6.45) is 16.8. The zero-order chi connectivity index (χ0) is 17.3. The monoisotopic (exact) mass is 372 g/mol. The van der Waals surface area contributed by atoms with Crippen LogP contribution in [0.15, 0.2) is 4.99 Å². The number of aliphatic imine (C=N–C) groups is 1. The Kier molecular flexibility index (Phi) is 15.6. The highest BCUT2D eigenvalue weighted by Crippen LogP contribution is 2.23. The van der Waals surface area contributed by atoms with E-state index in [0.29, 0.717) is 0 Å². The molecule has 0 N–H and O–H groups in total. The van der Waals surface area contributed by atoms with E-state index in [0.717, 1.165) is 12.4 Å². The van der Waals surface area contributed by atoms with Crippen molar-refractivity contribution in [3.8, 4) is 0 Å². The third-order valence-corrected chi connectivity index (χ3v) is 6.92. The molecule has 0 aromatic heterocycles. The molecule has 0 unspecified atom stereocenters. The molecule has 0 saturated carbocycles. The lowest BCUT2D eigenvalue weighted by atomic mass is 10.1. The molecule has 1 heterocycles. The van der Waals surface area contributed by atoms with Crippen molar-refractivity contribution in [1.82, 2.24) is 4.90 Å². The first-order valence-corrected chi connectivity index (χ1v) is 12.4. The summed E-state index contributed by atoms with van der Waals surface area (Å²) in [5.74, 6) is 2.34. The van der Waals surface area contributed by atoms with Gasteiger partial charge in [0.2, 0.25) is 0 Å². The largest absolute Gasteiger partial charge is 0.294 e. The summed E-state index contributed by atoms with van der Waals surface area (Å²) in [5.41, 5.74) is 0. The van der Waals surface area contributed by atoms with Crippen molar-refractivity contribution in [3.05, 3.63) is 0 Å². The maximum atomic E-state index is 4.58. The zero-order valence-corrected chi connectivity index (χ0v) is 17.9. The van der Waals surface area contributed by atoms with Crippen LogP contribution in [0.4, 0.5) is 0 Å². The second kappa shape index (κ2) is 16.8. The first-order chi connectivity index (χ1) is 11.9. The minimum atomic E-state index is 1.03. The number of rotatable bonds is 16. The van der Waals surface area contributed by atoms with Gasteiger partial charge < -0.3 is 0 Å². The smallest absolute Gasteiger partial charge is 0.125 e. The number of hydrogen-bond acceptors (Lipinski definition) is 4. The van der Waals surface area contributed by atoms with Crippen LogP contribution in [0.25, 0.3) is 0 Å². The molecule has 0 radical (unpaired) electrons. The quantitative estimate of drug-likeness (QED) is 0.219. The average Bonchev–Trinajstić information content (AvgIpc) is 3.11. The zero-order valence-electron chi connectivity index (χ0n) is 16.2. The lowest BCUT2D eigenvalue weighted by molar-refractivity contribution is 0.303. The van der Waals surface area contributed by atoms with E-state index >= 15 is 0 Å². The molecule has 1 aliphatic rings. The molecular formula is C20H40N2S2. The lowest BCUT2D eigenvalue weighted by Crippen LogP contribution is -2.26. The number of nitrogens with zero attached hydrogens (tertiary/aromatic N) is 2. The van der Waals surface area contributed by atoms with Gasteiger partial charge in [0, 0.05) is 5.75 Å². The number of unbranched alkanes of at least 4 members (excludes halogenated alkanes) is 10. The van der Waals surface area contributed by atoms with Gasteiger partial charge in [0.1, 0.15) is 4.38 Å². The summed E-state index contributed by atoms with van der Waals surface area (Å²) in [7, 11) is 0. The van der Waals surface area contributed by atoms with E-state index in [9.17, 15) is 0 Å². The maximum Gasteiger partial charge on any atom is 0.125 e. The van der Waals surface area contributed by atoms with Crippen LogP contribution >= 0.6 is 23.5 Å². The van der Waals surface area contributed by atoms with Crippen molar-refractivity contribution in [3.63, 3.8) is 0 Å². The Hall–Kier alpha value is 0.330. The lowest BCUT2D eigenvalue weighted by Gasteiger charge is -2.21. The molecule has 0 aromatic rings. The summed E-state index contributed by atoms with van der Waals surface area (Å²) in [5, 5.41) is 0. The van der Waals surface area contributed by atoms with Gasteiger partial charge in [-0.15, -0.1) is 0 Å². The molecule has 0 saturated heterocycles. The molecule has 0 bridgehead atoms. The van der Waals surface area contributed by atoms with Crippen LogP contribution < -0.4 is 0 Å². The summed E-state index contributed by atoms with van der Waals surface area (Å²) < 4.78 is 1.32. The Balaban J connectivity index is 2.14. The van der Waals surface area contributed by atoms with Gasteiger partial charge in [-0.2, -0.15) is 0 Å². The van der Waals surface area contributed by atoms with Gasteiger partial charge >= 0.3 is 0 Å². The van der Waals surface area contributed by atoms with Crippen molar-refractivity contribution in [2.45, 2.75) is 90.9 Å². The first kappa shape index (κ1) is 22.4. The van der Waals surface area contributed by atoms with Crippen molar-refractivity contribution in [1.29, 1.82) is 0 Å². The molecule has 0 spiro atoms. The predicted molar refractivity (Wildman–Crippen MR) is 116 cm³/mol. The van der Waals surface area contributed by atoms with Crippen LogP contribution in [0.5, 0.6) is 0 Å². The molecule has 1 aliphatic heterocycles. The van der Waals surface area contributed by atoms with Crippen LogP contribution in [0, 0.1) is 0 Å². The minimum absolute atomic E-state index is 1.03. The van der Waals surface area contributed by atoms with E-state index in [1.165, 1.54) is 100 Å². The third kappa shape index (κ3) is 12.7. The molecule has 142 valence electrons. The van der Waals surface area contributed by atoms with Crippen molar-refractivity contribution < 1.29 is 0 Å².